The first kappa shape index (κ1) is 18.2. The van der Waals surface area contributed by atoms with Crippen LogP contribution in [-0.2, 0) is 9.59 Å². The third-order valence-electron chi connectivity index (χ3n) is 3.42. The molecule has 0 aliphatic rings. The molecule has 22 heavy (non-hydrogen) atoms. The van der Waals surface area contributed by atoms with Gasteiger partial charge >= 0.3 is 0 Å². The van der Waals surface area contributed by atoms with Gasteiger partial charge in [0.1, 0.15) is 0 Å². The Labute approximate surface area is 133 Å². The van der Waals surface area contributed by atoms with Gasteiger partial charge in [0.25, 0.3) is 0 Å². The minimum absolute atomic E-state index is 0.0594. The normalized spacial score (nSPS) is 10.9. The lowest BCUT2D eigenvalue weighted by atomic mass is 10.1. The first-order valence-corrected chi connectivity index (χ1v) is 7.70. The molecule has 0 atom stereocenters. The van der Waals surface area contributed by atoms with Crippen LogP contribution < -0.4 is 10.6 Å². The molecule has 0 bridgehead atoms. The average Bonchev–Trinajstić information content (AvgIpc) is 2.41. The van der Waals surface area contributed by atoms with E-state index in [1.54, 1.807) is 0 Å². The van der Waals surface area contributed by atoms with Crippen molar-refractivity contribution >= 4 is 17.5 Å². The van der Waals surface area contributed by atoms with E-state index in [9.17, 15) is 9.59 Å². The maximum Gasteiger partial charge on any atom is 0.238 e. The Kier molecular flexibility index (Phi) is 7.05. The van der Waals surface area contributed by atoms with E-state index >= 15 is 0 Å². The predicted molar refractivity (Wildman–Crippen MR) is 89.9 cm³/mol. The van der Waals surface area contributed by atoms with Gasteiger partial charge in [-0.25, -0.2) is 0 Å². The number of hydrogen-bond donors (Lipinski definition) is 2. The number of anilines is 1. The summed E-state index contributed by atoms with van der Waals surface area (Å²) in [6, 6.07) is 5.94. The van der Waals surface area contributed by atoms with Crippen LogP contribution in [-0.4, -0.2) is 42.4 Å². The van der Waals surface area contributed by atoms with Crippen LogP contribution in [0.3, 0.4) is 0 Å². The average molecular weight is 305 g/mol. The van der Waals surface area contributed by atoms with Crippen molar-refractivity contribution in [2.75, 3.05) is 25.0 Å². The molecule has 1 rings (SSSR count). The molecule has 0 heterocycles. The Morgan fingerprint density at radius 1 is 1.09 bits per heavy atom. The third-order valence-corrected chi connectivity index (χ3v) is 3.42. The van der Waals surface area contributed by atoms with Gasteiger partial charge in [0.05, 0.1) is 13.1 Å². The predicted octanol–water partition coefficient (Wildman–Crippen LogP) is 2.09. The molecule has 0 aliphatic carbocycles. The fourth-order valence-corrected chi connectivity index (χ4v) is 2.07. The zero-order chi connectivity index (χ0) is 16.7. The van der Waals surface area contributed by atoms with Gasteiger partial charge in [-0.1, -0.05) is 13.0 Å². The highest BCUT2D eigenvalue weighted by Gasteiger charge is 2.13. The second-order valence-electron chi connectivity index (χ2n) is 5.87. The molecule has 5 nitrogen and oxygen atoms in total. The molecule has 5 heteroatoms. The van der Waals surface area contributed by atoms with E-state index in [0.717, 1.165) is 11.3 Å². The summed E-state index contributed by atoms with van der Waals surface area (Å²) in [4.78, 5) is 25.7. The summed E-state index contributed by atoms with van der Waals surface area (Å²) in [7, 11) is 0. The van der Waals surface area contributed by atoms with Crippen molar-refractivity contribution in [3.63, 3.8) is 0 Å². The van der Waals surface area contributed by atoms with Gasteiger partial charge in [0, 0.05) is 11.7 Å². The molecule has 2 amide bonds. The molecule has 0 unspecified atom stereocenters. The molecule has 0 aliphatic heterocycles. The van der Waals surface area contributed by atoms with Gasteiger partial charge in [-0.05, 0) is 57.5 Å². The highest BCUT2D eigenvalue weighted by molar-refractivity contribution is 5.92. The van der Waals surface area contributed by atoms with Gasteiger partial charge in [0.2, 0.25) is 11.8 Å². The van der Waals surface area contributed by atoms with E-state index in [1.165, 1.54) is 5.56 Å². The van der Waals surface area contributed by atoms with Gasteiger partial charge < -0.3 is 10.6 Å². The van der Waals surface area contributed by atoms with Crippen molar-refractivity contribution in [2.45, 2.75) is 40.7 Å². The lowest BCUT2D eigenvalue weighted by Gasteiger charge is -2.20. The Morgan fingerprint density at radius 3 is 2.27 bits per heavy atom. The molecule has 0 saturated heterocycles. The highest BCUT2D eigenvalue weighted by atomic mass is 16.2. The molecule has 0 saturated carbocycles. The van der Waals surface area contributed by atoms with Crippen LogP contribution in [0, 0.1) is 13.8 Å². The number of amides is 2. The van der Waals surface area contributed by atoms with Crippen molar-refractivity contribution in [3.8, 4) is 0 Å². The summed E-state index contributed by atoms with van der Waals surface area (Å²) in [5.41, 5.74) is 3.12. The van der Waals surface area contributed by atoms with E-state index in [1.807, 2.05) is 57.7 Å². The first-order chi connectivity index (χ1) is 10.3. The summed E-state index contributed by atoms with van der Waals surface area (Å²) in [5.74, 6) is -0.168. The van der Waals surface area contributed by atoms with Gasteiger partial charge in [-0.15, -0.1) is 0 Å². The summed E-state index contributed by atoms with van der Waals surface area (Å²) < 4.78 is 0. The maximum atomic E-state index is 12.1. The summed E-state index contributed by atoms with van der Waals surface area (Å²) in [5, 5.41) is 5.71. The van der Waals surface area contributed by atoms with Crippen molar-refractivity contribution in [3.05, 3.63) is 29.3 Å². The van der Waals surface area contributed by atoms with Crippen molar-refractivity contribution in [2.24, 2.45) is 0 Å². The van der Waals surface area contributed by atoms with Crippen LogP contribution in [0.5, 0.6) is 0 Å². The monoisotopic (exact) mass is 305 g/mol. The standard InChI is InChI=1S/C17H27N3O2/c1-6-20(10-16(21)18-12(2)3)11-17(22)19-15-8-7-13(4)14(5)9-15/h7-9,12H,6,10-11H2,1-5H3,(H,18,21)(H,19,22). The topological polar surface area (TPSA) is 61.4 Å². The van der Waals surface area contributed by atoms with Crippen LogP contribution >= 0.6 is 0 Å². The minimum Gasteiger partial charge on any atom is -0.353 e. The number of nitrogens with zero attached hydrogens (tertiary/aromatic N) is 1. The minimum atomic E-state index is -0.109. The van der Waals surface area contributed by atoms with Gasteiger partial charge in [0.15, 0.2) is 0 Å². The Bertz CT molecular complexity index is 527. The Balaban J connectivity index is 2.54. The molecular weight excluding hydrogens is 278 g/mol. The zero-order valence-corrected chi connectivity index (χ0v) is 14.2. The van der Waals surface area contributed by atoms with E-state index in [0.29, 0.717) is 6.54 Å². The highest BCUT2D eigenvalue weighted by Crippen LogP contribution is 2.14. The molecule has 0 aromatic heterocycles. The van der Waals surface area contributed by atoms with E-state index in [2.05, 4.69) is 10.6 Å². The number of rotatable bonds is 7. The van der Waals surface area contributed by atoms with Crippen LogP contribution in [0.4, 0.5) is 5.69 Å². The maximum absolute atomic E-state index is 12.1. The van der Waals surface area contributed by atoms with Crippen molar-refractivity contribution in [1.29, 1.82) is 0 Å². The summed E-state index contributed by atoms with van der Waals surface area (Å²) in [6.07, 6.45) is 0. The number of likely N-dealkylation sites (N-methyl/N-ethyl adjacent to an activating group) is 1. The molecule has 0 fully saturated rings. The van der Waals surface area contributed by atoms with Gasteiger partial charge in [-0.2, -0.15) is 0 Å². The largest absolute Gasteiger partial charge is 0.353 e. The lowest BCUT2D eigenvalue weighted by molar-refractivity contribution is -0.123. The fraction of sp³-hybridized carbons (Fsp3) is 0.529. The first-order valence-electron chi connectivity index (χ1n) is 7.70. The Hall–Kier alpha value is -1.88. The molecular formula is C17H27N3O2. The molecule has 1 aromatic rings. The smallest absolute Gasteiger partial charge is 0.238 e. The SMILES string of the molecule is CCN(CC(=O)Nc1ccc(C)c(C)c1)CC(=O)NC(C)C. The van der Waals surface area contributed by atoms with Crippen LogP contribution in [0.1, 0.15) is 31.9 Å². The summed E-state index contributed by atoms with van der Waals surface area (Å²) in [6.45, 7) is 10.9. The van der Waals surface area contributed by atoms with Crippen LogP contribution in [0.25, 0.3) is 0 Å². The second kappa shape index (κ2) is 8.54. The third kappa shape index (κ3) is 6.26. The second-order valence-corrected chi connectivity index (χ2v) is 5.87. The number of hydrogen-bond acceptors (Lipinski definition) is 3. The van der Waals surface area contributed by atoms with E-state index < -0.39 is 0 Å². The number of carbonyl (C=O) groups excluding carboxylic acids is 2. The number of carbonyl (C=O) groups is 2. The molecule has 0 radical (unpaired) electrons. The molecule has 2 N–H and O–H groups in total. The van der Waals surface area contributed by atoms with Gasteiger partial charge in [-0.3, -0.25) is 14.5 Å². The number of nitrogens with one attached hydrogen (secondary N) is 2. The van der Waals surface area contributed by atoms with Crippen molar-refractivity contribution < 1.29 is 9.59 Å². The van der Waals surface area contributed by atoms with Crippen molar-refractivity contribution in [1.82, 2.24) is 10.2 Å². The molecule has 122 valence electrons. The quantitative estimate of drug-likeness (QED) is 0.811. The van der Waals surface area contributed by atoms with E-state index in [4.69, 9.17) is 0 Å². The molecule has 0 spiro atoms. The number of benzene rings is 1. The molecule has 1 aromatic carbocycles. The lowest BCUT2D eigenvalue weighted by Crippen LogP contribution is -2.42. The Morgan fingerprint density at radius 2 is 1.73 bits per heavy atom. The van der Waals surface area contributed by atoms with E-state index in [-0.39, 0.29) is 30.9 Å². The summed E-state index contributed by atoms with van der Waals surface area (Å²) >= 11 is 0. The van der Waals surface area contributed by atoms with Crippen LogP contribution in [0.2, 0.25) is 0 Å². The van der Waals surface area contributed by atoms with Crippen LogP contribution in [0.15, 0.2) is 18.2 Å². The fourth-order valence-electron chi connectivity index (χ4n) is 2.07. The zero-order valence-electron chi connectivity index (χ0n) is 14.2. The number of aryl methyl sites for hydroxylation is 2.